The number of aromatic nitrogens is 1. The molecule has 21 heavy (non-hydrogen) atoms. The van der Waals surface area contributed by atoms with Gasteiger partial charge in [0.1, 0.15) is 5.52 Å². The summed E-state index contributed by atoms with van der Waals surface area (Å²) in [6.07, 6.45) is 4.23. The molecule has 1 heterocycles. The lowest BCUT2D eigenvalue weighted by molar-refractivity contribution is -0.384. The van der Waals surface area contributed by atoms with Crippen LogP contribution in [0.4, 0.5) is 11.7 Å². The van der Waals surface area contributed by atoms with E-state index in [1.165, 1.54) is 12.1 Å². The summed E-state index contributed by atoms with van der Waals surface area (Å²) >= 11 is 0. The number of nitrogens with one attached hydrogen (secondary N) is 1. The molecule has 2 N–H and O–H groups in total. The van der Waals surface area contributed by atoms with Crippen LogP contribution in [0.15, 0.2) is 22.6 Å². The van der Waals surface area contributed by atoms with Crippen LogP contribution in [0.1, 0.15) is 25.7 Å². The van der Waals surface area contributed by atoms with Crippen LogP contribution in [0.5, 0.6) is 0 Å². The number of benzene rings is 1. The first-order chi connectivity index (χ1) is 10.1. The zero-order valence-corrected chi connectivity index (χ0v) is 11.5. The van der Waals surface area contributed by atoms with Crippen molar-refractivity contribution in [3.8, 4) is 0 Å². The maximum atomic E-state index is 10.7. The third-order valence-electron chi connectivity index (χ3n) is 4.20. The molecule has 112 valence electrons. The largest absolute Gasteiger partial charge is 0.424 e. The average molecular weight is 291 g/mol. The van der Waals surface area contributed by atoms with Crippen molar-refractivity contribution >= 4 is 22.8 Å². The molecule has 2 aromatic rings. The van der Waals surface area contributed by atoms with Crippen LogP contribution in [-0.2, 0) is 0 Å². The zero-order chi connectivity index (χ0) is 14.9. The Kier molecular flexibility index (Phi) is 3.50. The molecule has 1 aromatic heterocycles. The van der Waals surface area contributed by atoms with Gasteiger partial charge in [0.05, 0.1) is 11.5 Å². The molecule has 1 saturated carbocycles. The first-order valence-electron chi connectivity index (χ1n) is 7.02. The fourth-order valence-corrected chi connectivity index (χ4v) is 2.88. The van der Waals surface area contributed by atoms with Gasteiger partial charge in [-0.1, -0.05) is 12.8 Å². The van der Waals surface area contributed by atoms with Gasteiger partial charge in [-0.05, 0) is 18.9 Å². The third kappa shape index (κ3) is 2.69. The first-order valence-corrected chi connectivity index (χ1v) is 7.02. The lowest BCUT2D eigenvalue weighted by Crippen LogP contribution is -2.30. The molecular formula is C14H17N3O4. The standard InChI is InChI=1S/C14H17N3O4/c18-9-14(5-1-2-6-14)8-15-13-16-11-7-10(17(19)20)3-4-12(11)21-13/h3-4,7,18H,1-2,5-6,8-9H2,(H,15,16). The van der Waals surface area contributed by atoms with Crippen LogP contribution >= 0.6 is 0 Å². The molecule has 1 fully saturated rings. The highest BCUT2D eigenvalue weighted by molar-refractivity contribution is 5.77. The maximum Gasteiger partial charge on any atom is 0.295 e. The number of anilines is 1. The number of non-ortho nitro benzene ring substituents is 1. The van der Waals surface area contributed by atoms with E-state index in [0.29, 0.717) is 23.7 Å². The molecule has 1 aromatic carbocycles. The van der Waals surface area contributed by atoms with Crippen molar-refractivity contribution in [2.24, 2.45) is 5.41 Å². The number of oxazole rings is 1. The number of fused-ring (bicyclic) bond motifs is 1. The summed E-state index contributed by atoms with van der Waals surface area (Å²) in [4.78, 5) is 14.5. The minimum atomic E-state index is -0.458. The molecule has 1 aliphatic rings. The Morgan fingerprint density at radius 3 is 2.86 bits per heavy atom. The highest BCUT2D eigenvalue weighted by Crippen LogP contribution is 2.37. The van der Waals surface area contributed by atoms with Crippen molar-refractivity contribution in [2.45, 2.75) is 25.7 Å². The molecule has 0 aliphatic heterocycles. The second-order valence-electron chi connectivity index (χ2n) is 5.65. The summed E-state index contributed by atoms with van der Waals surface area (Å²) in [6, 6.07) is 4.67. The molecule has 3 rings (SSSR count). The van der Waals surface area contributed by atoms with Crippen LogP contribution in [-0.4, -0.2) is 28.2 Å². The quantitative estimate of drug-likeness (QED) is 0.648. The van der Waals surface area contributed by atoms with Crippen LogP contribution in [0.25, 0.3) is 11.1 Å². The lowest BCUT2D eigenvalue weighted by atomic mass is 9.87. The number of rotatable bonds is 5. The summed E-state index contributed by atoms with van der Waals surface area (Å²) in [5, 5.41) is 23.4. The molecule has 0 amide bonds. The van der Waals surface area contributed by atoms with Gasteiger partial charge in [0.2, 0.25) is 0 Å². The summed E-state index contributed by atoms with van der Waals surface area (Å²) in [6.45, 7) is 0.740. The second-order valence-corrected chi connectivity index (χ2v) is 5.65. The van der Waals surface area contributed by atoms with Crippen molar-refractivity contribution in [3.05, 3.63) is 28.3 Å². The number of aliphatic hydroxyl groups is 1. The van der Waals surface area contributed by atoms with Gasteiger partial charge in [-0.15, -0.1) is 0 Å². The number of nitro groups is 1. The Balaban J connectivity index is 1.77. The summed E-state index contributed by atoms with van der Waals surface area (Å²) in [5.74, 6) is 0. The van der Waals surface area contributed by atoms with Gasteiger partial charge < -0.3 is 14.8 Å². The summed E-state index contributed by atoms with van der Waals surface area (Å²) in [5.41, 5.74) is 0.848. The smallest absolute Gasteiger partial charge is 0.295 e. The molecule has 7 nitrogen and oxygen atoms in total. The Hall–Kier alpha value is -2.15. The molecule has 0 radical (unpaired) electrons. The van der Waals surface area contributed by atoms with Crippen molar-refractivity contribution in [2.75, 3.05) is 18.5 Å². The van der Waals surface area contributed by atoms with Crippen molar-refractivity contribution < 1.29 is 14.4 Å². The van der Waals surface area contributed by atoms with Gasteiger partial charge >= 0.3 is 0 Å². The number of nitrogens with zero attached hydrogens (tertiary/aromatic N) is 2. The van der Waals surface area contributed by atoms with E-state index in [1.807, 2.05) is 0 Å². The van der Waals surface area contributed by atoms with E-state index in [4.69, 9.17) is 4.42 Å². The molecule has 7 heteroatoms. The van der Waals surface area contributed by atoms with Gasteiger partial charge in [0, 0.05) is 24.1 Å². The summed E-state index contributed by atoms with van der Waals surface area (Å²) in [7, 11) is 0. The third-order valence-corrected chi connectivity index (χ3v) is 4.20. The van der Waals surface area contributed by atoms with Crippen LogP contribution < -0.4 is 5.32 Å². The number of aliphatic hydroxyl groups excluding tert-OH is 1. The Bertz CT molecular complexity index is 661. The minimum Gasteiger partial charge on any atom is -0.424 e. The van der Waals surface area contributed by atoms with Crippen LogP contribution in [0.3, 0.4) is 0 Å². The van der Waals surface area contributed by atoms with E-state index >= 15 is 0 Å². The van der Waals surface area contributed by atoms with Gasteiger partial charge in [0.15, 0.2) is 5.58 Å². The van der Waals surface area contributed by atoms with Gasteiger partial charge in [-0.25, -0.2) is 0 Å². The van der Waals surface area contributed by atoms with E-state index in [0.717, 1.165) is 25.7 Å². The normalized spacial score (nSPS) is 17.2. The van der Waals surface area contributed by atoms with Crippen molar-refractivity contribution in [3.63, 3.8) is 0 Å². The van der Waals surface area contributed by atoms with E-state index in [1.54, 1.807) is 6.07 Å². The SMILES string of the molecule is O=[N+]([O-])c1ccc2oc(NCC3(CO)CCCC3)nc2c1. The predicted molar refractivity (Wildman–Crippen MR) is 77.1 cm³/mol. The average Bonchev–Trinajstić information content (AvgIpc) is 3.11. The second kappa shape index (κ2) is 5.33. The molecule has 0 bridgehead atoms. The molecule has 1 aliphatic carbocycles. The van der Waals surface area contributed by atoms with Gasteiger partial charge in [-0.3, -0.25) is 10.1 Å². The Morgan fingerprint density at radius 1 is 1.43 bits per heavy atom. The topological polar surface area (TPSA) is 101 Å². The minimum absolute atomic E-state index is 0.00929. The highest BCUT2D eigenvalue weighted by Gasteiger charge is 2.33. The monoisotopic (exact) mass is 291 g/mol. The highest BCUT2D eigenvalue weighted by atomic mass is 16.6. The maximum absolute atomic E-state index is 10.7. The van der Waals surface area contributed by atoms with Crippen molar-refractivity contribution in [1.82, 2.24) is 4.98 Å². The number of hydrogen-bond acceptors (Lipinski definition) is 6. The molecule has 0 atom stereocenters. The van der Waals surface area contributed by atoms with Gasteiger partial charge in [-0.2, -0.15) is 4.98 Å². The van der Waals surface area contributed by atoms with Crippen molar-refractivity contribution in [1.29, 1.82) is 0 Å². The molecular weight excluding hydrogens is 274 g/mol. The fraction of sp³-hybridized carbons (Fsp3) is 0.500. The number of nitro benzene ring substituents is 1. The Morgan fingerprint density at radius 2 is 2.19 bits per heavy atom. The lowest BCUT2D eigenvalue weighted by Gasteiger charge is -2.25. The fourth-order valence-electron chi connectivity index (χ4n) is 2.88. The van der Waals surface area contributed by atoms with Gasteiger partial charge in [0.25, 0.3) is 11.7 Å². The van der Waals surface area contributed by atoms with Crippen LogP contribution in [0.2, 0.25) is 0 Å². The zero-order valence-electron chi connectivity index (χ0n) is 11.5. The first kappa shape index (κ1) is 13.8. The number of hydrogen-bond donors (Lipinski definition) is 2. The summed E-state index contributed by atoms with van der Waals surface area (Å²) < 4.78 is 5.53. The molecule has 0 saturated heterocycles. The molecule has 0 unspecified atom stereocenters. The van der Waals surface area contributed by atoms with E-state index in [2.05, 4.69) is 10.3 Å². The van der Waals surface area contributed by atoms with E-state index < -0.39 is 4.92 Å². The van der Waals surface area contributed by atoms with Crippen LogP contribution in [0, 0.1) is 15.5 Å². The predicted octanol–water partition coefficient (Wildman–Crippen LogP) is 2.70. The van der Waals surface area contributed by atoms with E-state index in [9.17, 15) is 15.2 Å². The molecule has 0 spiro atoms. The van der Waals surface area contributed by atoms with E-state index in [-0.39, 0.29) is 17.7 Å². The Labute approximate surface area is 121 Å².